The minimum atomic E-state index is 0.656. The average molecular weight is 271 g/mol. The molecule has 0 aliphatic carbocycles. The summed E-state index contributed by atoms with van der Waals surface area (Å²) in [6.45, 7) is 0. The van der Waals surface area contributed by atoms with E-state index in [0.717, 1.165) is 10.9 Å². The van der Waals surface area contributed by atoms with Crippen LogP contribution >= 0.6 is 11.6 Å². The zero-order chi connectivity index (χ0) is 13.2. The van der Waals surface area contributed by atoms with Gasteiger partial charge in [-0.2, -0.15) is 0 Å². The quantitative estimate of drug-likeness (QED) is 0.708. The second-order valence-electron chi connectivity index (χ2n) is 4.12. The Hall–Kier alpha value is -2.26. The molecule has 0 aliphatic heterocycles. The van der Waals surface area contributed by atoms with E-state index >= 15 is 0 Å². The molecule has 1 aromatic heterocycles. The van der Waals surface area contributed by atoms with E-state index in [1.165, 1.54) is 0 Å². The van der Waals surface area contributed by atoms with Crippen molar-refractivity contribution >= 4 is 28.2 Å². The van der Waals surface area contributed by atoms with Gasteiger partial charge in [-0.05, 0) is 36.4 Å². The number of pyridine rings is 1. The third kappa shape index (κ3) is 2.33. The fourth-order valence-corrected chi connectivity index (χ4v) is 2.11. The molecule has 0 saturated carbocycles. The van der Waals surface area contributed by atoms with Gasteiger partial charge in [0.25, 0.3) is 0 Å². The minimum absolute atomic E-state index is 0.656. The first-order valence-electron chi connectivity index (χ1n) is 5.81. The van der Waals surface area contributed by atoms with Crippen molar-refractivity contribution in [2.45, 2.75) is 0 Å². The number of aromatic nitrogens is 1. The van der Waals surface area contributed by atoms with Crippen LogP contribution in [0.2, 0.25) is 5.02 Å². The molecule has 2 N–H and O–H groups in total. The van der Waals surface area contributed by atoms with Gasteiger partial charge in [-0.3, -0.25) is 4.98 Å². The highest BCUT2D eigenvalue weighted by Gasteiger charge is 2.07. The molecular formula is C15H11ClN2O. The molecule has 2 aromatic carbocycles. The number of halogens is 1. The summed E-state index contributed by atoms with van der Waals surface area (Å²) in [5, 5.41) is 1.52. The zero-order valence-electron chi connectivity index (χ0n) is 10.0. The van der Waals surface area contributed by atoms with Crippen molar-refractivity contribution in [3.63, 3.8) is 0 Å². The Morgan fingerprint density at radius 3 is 2.79 bits per heavy atom. The third-order valence-corrected chi connectivity index (χ3v) is 3.09. The van der Waals surface area contributed by atoms with Crippen molar-refractivity contribution in [2.24, 2.45) is 0 Å². The summed E-state index contributed by atoms with van der Waals surface area (Å²) in [5.74, 6) is 1.33. The normalized spacial score (nSPS) is 10.6. The molecule has 3 rings (SSSR count). The summed E-state index contributed by atoms with van der Waals surface area (Å²) in [4.78, 5) is 4.32. The van der Waals surface area contributed by atoms with Crippen LogP contribution in [-0.4, -0.2) is 4.98 Å². The second-order valence-corrected chi connectivity index (χ2v) is 4.53. The van der Waals surface area contributed by atoms with Crippen molar-refractivity contribution in [3.05, 3.63) is 59.8 Å². The molecular weight excluding hydrogens is 260 g/mol. The SMILES string of the molecule is Nc1cccc(Oc2ccc(Cl)c3cccnc23)c1. The summed E-state index contributed by atoms with van der Waals surface area (Å²) in [5.41, 5.74) is 7.12. The van der Waals surface area contributed by atoms with E-state index in [0.29, 0.717) is 22.2 Å². The fraction of sp³-hybridized carbons (Fsp3) is 0. The monoisotopic (exact) mass is 270 g/mol. The van der Waals surface area contributed by atoms with E-state index < -0.39 is 0 Å². The lowest BCUT2D eigenvalue weighted by Gasteiger charge is -2.09. The van der Waals surface area contributed by atoms with Crippen LogP contribution in [0, 0.1) is 0 Å². The Labute approximate surface area is 115 Å². The highest BCUT2D eigenvalue weighted by molar-refractivity contribution is 6.35. The Morgan fingerprint density at radius 2 is 1.95 bits per heavy atom. The van der Waals surface area contributed by atoms with Crippen LogP contribution in [0.15, 0.2) is 54.7 Å². The molecule has 1 heterocycles. The maximum Gasteiger partial charge on any atom is 0.153 e. The Kier molecular flexibility index (Phi) is 2.97. The Bertz CT molecular complexity index is 743. The first-order valence-corrected chi connectivity index (χ1v) is 6.18. The summed E-state index contributed by atoms with van der Waals surface area (Å²) < 4.78 is 5.83. The van der Waals surface area contributed by atoms with E-state index in [-0.39, 0.29) is 0 Å². The van der Waals surface area contributed by atoms with Crippen molar-refractivity contribution in [1.82, 2.24) is 4.98 Å². The van der Waals surface area contributed by atoms with Crippen LogP contribution in [0.3, 0.4) is 0 Å². The lowest BCUT2D eigenvalue weighted by atomic mass is 10.2. The number of fused-ring (bicyclic) bond motifs is 1. The first kappa shape index (κ1) is 11.8. The van der Waals surface area contributed by atoms with Gasteiger partial charge in [0, 0.05) is 23.3 Å². The summed E-state index contributed by atoms with van der Waals surface area (Å²) >= 11 is 6.14. The molecule has 0 saturated heterocycles. The highest BCUT2D eigenvalue weighted by atomic mass is 35.5. The highest BCUT2D eigenvalue weighted by Crippen LogP contribution is 2.32. The number of nitrogens with zero attached hydrogens (tertiary/aromatic N) is 1. The lowest BCUT2D eigenvalue weighted by Crippen LogP contribution is -1.90. The number of anilines is 1. The lowest BCUT2D eigenvalue weighted by molar-refractivity contribution is 0.487. The standard InChI is InChI=1S/C15H11ClN2O/c16-13-6-7-14(15-12(13)5-2-8-18-15)19-11-4-1-3-10(17)9-11/h1-9H,17H2. The molecule has 0 radical (unpaired) electrons. The van der Waals surface area contributed by atoms with Gasteiger partial charge < -0.3 is 10.5 Å². The van der Waals surface area contributed by atoms with Gasteiger partial charge in [-0.1, -0.05) is 17.7 Å². The number of nitrogen functional groups attached to an aromatic ring is 1. The van der Waals surface area contributed by atoms with Crippen LogP contribution in [0.25, 0.3) is 10.9 Å². The summed E-state index contributed by atoms with van der Waals surface area (Å²) in [6.07, 6.45) is 1.71. The molecule has 0 unspecified atom stereocenters. The number of hydrogen-bond donors (Lipinski definition) is 1. The molecule has 0 spiro atoms. The molecule has 0 bridgehead atoms. The Morgan fingerprint density at radius 1 is 1.05 bits per heavy atom. The molecule has 3 aromatic rings. The van der Waals surface area contributed by atoms with Crippen molar-refractivity contribution in [3.8, 4) is 11.5 Å². The largest absolute Gasteiger partial charge is 0.455 e. The van der Waals surface area contributed by atoms with Crippen LogP contribution in [0.1, 0.15) is 0 Å². The Balaban J connectivity index is 2.09. The van der Waals surface area contributed by atoms with Crippen molar-refractivity contribution in [2.75, 3.05) is 5.73 Å². The summed E-state index contributed by atoms with van der Waals surface area (Å²) in [6, 6.07) is 14.6. The number of benzene rings is 2. The second kappa shape index (κ2) is 4.78. The fourth-order valence-electron chi connectivity index (χ4n) is 1.90. The number of hydrogen-bond acceptors (Lipinski definition) is 3. The number of rotatable bonds is 2. The van der Waals surface area contributed by atoms with Gasteiger partial charge in [0.1, 0.15) is 11.3 Å². The van der Waals surface area contributed by atoms with Gasteiger partial charge in [0.2, 0.25) is 0 Å². The van der Waals surface area contributed by atoms with E-state index in [9.17, 15) is 0 Å². The maximum absolute atomic E-state index is 6.14. The number of nitrogens with two attached hydrogens (primary N) is 1. The summed E-state index contributed by atoms with van der Waals surface area (Å²) in [7, 11) is 0. The van der Waals surface area contributed by atoms with Crippen LogP contribution in [-0.2, 0) is 0 Å². The predicted molar refractivity (Wildman–Crippen MR) is 77.7 cm³/mol. The molecule has 3 nitrogen and oxygen atoms in total. The van der Waals surface area contributed by atoms with Gasteiger partial charge in [-0.15, -0.1) is 0 Å². The van der Waals surface area contributed by atoms with E-state index in [1.807, 2.05) is 30.3 Å². The smallest absolute Gasteiger partial charge is 0.153 e. The van der Waals surface area contributed by atoms with Crippen LogP contribution in [0.4, 0.5) is 5.69 Å². The predicted octanol–water partition coefficient (Wildman–Crippen LogP) is 4.26. The van der Waals surface area contributed by atoms with Gasteiger partial charge in [-0.25, -0.2) is 0 Å². The average Bonchev–Trinajstić information content (AvgIpc) is 2.42. The van der Waals surface area contributed by atoms with Crippen molar-refractivity contribution < 1.29 is 4.74 Å². The van der Waals surface area contributed by atoms with Gasteiger partial charge >= 0.3 is 0 Å². The van der Waals surface area contributed by atoms with Gasteiger partial charge in [0.15, 0.2) is 5.75 Å². The molecule has 19 heavy (non-hydrogen) atoms. The molecule has 0 fully saturated rings. The van der Waals surface area contributed by atoms with Crippen molar-refractivity contribution in [1.29, 1.82) is 0 Å². The van der Waals surface area contributed by atoms with Gasteiger partial charge in [0.05, 0.1) is 5.02 Å². The molecule has 0 atom stereocenters. The zero-order valence-corrected chi connectivity index (χ0v) is 10.8. The molecule has 4 heteroatoms. The van der Waals surface area contributed by atoms with E-state index in [2.05, 4.69) is 4.98 Å². The van der Waals surface area contributed by atoms with Crippen LogP contribution in [0.5, 0.6) is 11.5 Å². The minimum Gasteiger partial charge on any atom is -0.455 e. The maximum atomic E-state index is 6.14. The third-order valence-electron chi connectivity index (χ3n) is 2.77. The van der Waals surface area contributed by atoms with E-state index in [4.69, 9.17) is 22.1 Å². The molecule has 94 valence electrons. The van der Waals surface area contributed by atoms with E-state index in [1.54, 1.807) is 24.4 Å². The topological polar surface area (TPSA) is 48.1 Å². The number of ether oxygens (including phenoxy) is 1. The molecule has 0 amide bonds. The van der Waals surface area contributed by atoms with Crippen LogP contribution < -0.4 is 10.5 Å². The molecule has 0 aliphatic rings. The first-order chi connectivity index (χ1) is 9.24.